The number of nitrogens with zero attached hydrogens (tertiary/aromatic N) is 2. The number of hydrogen-bond acceptors (Lipinski definition) is 3. The van der Waals surface area contributed by atoms with Crippen molar-refractivity contribution in [3.05, 3.63) is 45.5 Å². The molecular formula is C15H12Cl2N2S. The molecule has 20 heavy (non-hydrogen) atoms. The summed E-state index contributed by atoms with van der Waals surface area (Å²) < 4.78 is 1.20. The zero-order valence-electron chi connectivity index (χ0n) is 11.0. The van der Waals surface area contributed by atoms with Crippen LogP contribution in [0.2, 0.25) is 10.3 Å². The lowest BCUT2D eigenvalue weighted by molar-refractivity contribution is 0.848. The van der Waals surface area contributed by atoms with E-state index in [0.29, 0.717) is 16.1 Å². The van der Waals surface area contributed by atoms with Crippen LogP contribution in [0, 0.1) is 0 Å². The van der Waals surface area contributed by atoms with Gasteiger partial charge in [-0.25, -0.2) is 9.97 Å². The predicted molar refractivity (Wildman–Crippen MR) is 87.0 cm³/mol. The van der Waals surface area contributed by atoms with Crippen molar-refractivity contribution in [3.8, 4) is 11.4 Å². The maximum absolute atomic E-state index is 6.27. The highest BCUT2D eigenvalue weighted by molar-refractivity contribution is 7.17. The number of halogens is 2. The van der Waals surface area contributed by atoms with Gasteiger partial charge < -0.3 is 0 Å². The van der Waals surface area contributed by atoms with E-state index in [1.807, 2.05) is 31.4 Å². The van der Waals surface area contributed by atoms with Gasteiger partial charge in [0, 0.05) is 26.6 Å². The van der Waals surface area contributed by atoms with Gasteiger partial charge in [0.2, 0.25) is 0 Å². The van der Waals surface area contributed by atoms with Crippen molar-refractivity contribution in [3.63, 3.8) is 0 Å². The topological polar surface area (TPSA) is 25.8 Å². The van der Waals surface area contributed by atoms with Crippen LogP contribution in [0.3, 0.4) is 0 Å². The third-order valence-corrected chi connectivity index (χ3v) is 4.69. The highest BCUT2D eigenvalue weighted by Crippen LogP contribution is 2.35. The predicted octanol–water partition coefficient (Wildman–Crippen LogP) is 5.79. The first kappa shape index (κ1) is 13.8. The molecule has 0 saturated carbocycles. The Bertz CT molecular complexity index is 757. The van der Waals surface area contributed by atoms with Crippen LogP contribution < -0.4 is 0 Å². The van der Waals surface area contributed by atoms with Gasteiger partial charge in [-0.3, -0.25) is 0 Å². The van der Waals surface area contributed by atoms with Gasteiger partial charge in [-0.05, 0) is 12.0 Å². The summed E-state index contributed by atoms with van der Waals surface area (Å²) in [5.41, 5.74) is 1.78. The molecule has 0 amide bonds. The van der Waals surface area contributed by atoms with Crippen molar-refractivity contribution in [1.29, 1.82) is 0 Å². The summed E-state index contributed by atoms with van der Waals surface area (Å²) in [5.74, 6) is 0.783. The summed E-state index contributed by atoms with van der Waals surface area (Å²) in [6, 6.07) is 8.16. The Morgan fingerprint density at radius 1 is 1.05 bits per heavy atom. The Kier molecular flexibility index (Phi) is 3.67. The maximum Gasteiger partial charge on any atom is 0.164 e. The zero-order valence-corrected chi connectivity index (χ0v) is 13.4. The average molecular weight is 323 g/mol. The molecule has 2 aromatic heterocycles. The molecule has 5 heteroatoms. The van der Waals surface area contributed by atoms with Crippen LogP contribution >= 0.6 is 34.5 Å². The Labute approximate surface area is 131 Å². The summed E-state index contributed by atoms with van der Waals surface area (Å²) in [4.78, 5) is 8.85. The molecule has 102 valence electrons. The van der Waals surface area contributed by atoms with Gasteiger partial charge in [0.05, 0.1) is 0 Å². The first-order chi connectivity index (χ1) is 9.58. The zero-order chi connectivity index (χ0) is 14.3. The minimum Gasteiger partial charge on any atom is -0.216 e. The van der Waals surface area contributed by atoms with Crippen molar-refractivity contribution in [2.75, 3.05) is 0 Å². The number of rotatable bonds is 2. The number of hydrogen-bond donors (Lipinski definition) is 0. The molecule has 0 aliphatic carbocycles. The first-order valence-electron chi connectivity index (χ1n) is 6.27. The average Bonchev–Trinajstić information content (AvgIpc) is 2.81. The quantitative estimate of drug-likeness (QED) is 0.558. The largest absolute Gasteiger partial charge is 0.216 e. The smallest absolute Gasteiger partial charge is 0.164 e. The molecule has 2 nitrogen and oxygen atoms in total. The summed E-state index contributed by atoms with van der Waals surface area (Å²) in [5, 5.41) is 4.04. The van der Waals surface area contributed by atoms with Crippen molar-refractivity contribution in [1.82, 2.24) is 9.97 Å². The van der Waals surface area contributed by atoms with Gasteiger partial charge in [0.15, 0.2) is 5.82 Å². The third kappa shape index (κ3) is 2.30. The van der Waals surface area contributed by atoms with Gasteiger partial charge in [-0.1, -0.05) is 55.2 Å². The fourth-order valence-electron chi connectivity index (χ4n) is 2.16. The molecule has 3 rings (SSSR count). The van der Waals surface area contributed by atoms with E-state index in [-0.39, 0.29) is 5.92 Å². The van der Waals surface area contributed by atoms with Crippen molar-refractivity contribution in [2.24, 2.45) is 0 Å². The van der Waals surface area contributed by atoms with Crippen molar-refractivity contribution in [2.45, 2.75) is 19.8 Å². The molecule has 0 unspecified atom stereocenters. The van der Waals surface area contributed by atoms with E-state index in [0.717, 1.165) is 16.5 Å². The molecule has 2 heterocycles. The van der Waals surface area contributed by atoms with Crippen LogP contribution in [0.5, 0.6) is 0 Å². The van der Waals surface area contributed by atoms with Crippen molar-refractivity contribution >= 4 is 44.6 Å². The summed E-state index contributed by atoms with van der Waals surface area (Å²) in [6.07, 6.45) is 0. The molecule has 0 saturated heterocycles. The molecule has 0 radical (unpaired) electrons. The molecule has 0 aliphatic rings. The summed E-state index contributed by atoms with van der Waals surface area (Å²) in [6.45, 7) is 4.05. The van der Waals surface area contributed by atoms with E-state index >= 15 is 0 Å². The normalized spacial score (nSPS) is 11.4. The fraction of sp³-hybridized carbons (Fsp3) is 0.200. The second kappa shape index (κ2) is 5.32. The highest BCUT2D eigenvalue weighted by Gasteiger charge is 2.17. The lowest BCUT2D eigenvalue weighted by Gasteiger charge is -2.10. The number of aromatic nitrogens is 2. The van der Waals surface area contributed by atoms with E-state index in [2.05, 4.69) is 22.1 Å². The molecule has 0 spiro atoms. The lowest BCUT2D eigenvalue weighted by atomic mass is 10.1. The van der Waals surface area contributed by atoms with Gasteiger partial charge in [0.1, 0.15) is 10.3 Å². The van der Waals surface area contributed by atoms with Crippen LogP contribution in [-0.4, -0.2) is 9.97 Å². The first-order valence-corrected chi connectivity index (χ1v) is 7.91. The SMILES string of the molecule is CC(C)c1c(Cl)nc(-c2csc3ccccc23)nc1Cl. The minimum atomic E-state index is 0.197. The van der Waals surface area contributed by atoms with Crippen molar-refractivity contribution < 1.29 is 0 Å². The van der Waals surface area contributed by atoms with E-state index < -0.39 is 0 Å². The van der Waals surface area contributed by atoms with Crippen LogP contribution in [0.25, 0.3) is 21.5 Å². The second-order valence-electron chi connectivity index (χ2n) is 4.84. The van der Waals surface area contributed by atoms with Crippen LogP contribution in [0.15, 0.2) is 29.6 Å². The van der Waals surface area contributed by atoms with Gasteiger partial charge in [-0.2, -0.15) is 0 Å². The Morgan fingerprint density at radius 2 is 1.70 bits per heavy atom. The molecule has 1 aromatic carbocycles. The van der Waals surface area contributed by atoms with Crippen LogP contribution in [0.1, 0.15) is 25.3 Å². The number of thiophene rings is 1. The number of benzene rings is 1. The monoisotopic (exact) mass is 322 g/mol. The maximum atomic E-state index is 6.27. The minimum absolute atomic E-state index is 0.197. The Morgan fingerprint density at radius 3 is 2.35 bits per heavy atom. The van der Waals surface area contributed by atoms with Crippen LogP contribution in [-0.2, 0) is 0 Å². The molecule has 3 aromatic rings. The van der Waals surface area contributed by atoms with Crippen LogP contribution in [0.4, 0.5) is 0 Å². The summed E-state index contributed by atoms with van der Waals surface area (Å²) >= 11 is 14.2. The Balaban J connectivity index is 2.20. The molecule has 0 aliphatic heterocycles. The highest BCUT2D eigenvalue weighted by atomic mass is 35.5. The standard InChI is InChI=1S/C15H12Cl2N2S/c1-8(2)12-13(16)18-15(19-14(12)17)10-7-20-11-6-4-3-5-9(10)11/h3-8H,1-2H3. The van der Waals surface area contributed by atoms with E-state index in [1.165, 1.54) is 4.70 Å². The summed E-state index contributed by atoms with van der Waals surface area (Å²) in [7, 11) is 0. The molecule has 0 bridgehead atoms. The molecule has 0 atom stereocenters. The second-order valence-corrected chi connectivity index (χ2v) is 6.47. The fourth-order valence-corrected chi connectivity index (χ4v) is 3.93. The Hall–Kier alpha value is -1.16. The number of fused-ring (bicyclic) bond motifs is 1. The molecule has 0 fully saturated rings. The van der Waals surface area contributed by atoms with E-state index in [9.17, 15) is 0 Å². The van der Waals surface area contributed by atoms with Gasteiger partial charge >= 0.3 is 0 Å². The van der Waals surface area contributed by atoms with E-state index in [4.69, 9.17) is 23.2 Å². The van der Waals surface area contributed by atoms with E-state index in [1.54, 1.807) is 11.3 Å². The third-order valence-electron chi connectivity index (χ3n) is 3.15. The van der Waals surface area contributed by atoms with Gasteiger partial charge in [-0.15, -0.1) is 11.3 Å². The molecule has 0 N–H and O–H groups in total. The van der Waals surface area contributed by atoms with Gasteiger partial charge in [0.25, 0.3) is 0 Å². The molecular weight excluding hydrogens is 311 g/mol. The lowest BCUT2D eigenvalue weighted by Crippen LogP contribution is -1.99.